The number of carbonyl (C=O) groups excluding carboxylic acids is 2. The van der Waals surface area contributed by atoms with Gasteiger partial charge >= 0.3 is 0 Å². The molecule has 1 N–H and O–H groups in total. The Bertz CT molecular complexity index is 376. The lowest BCUT2D eigenvalue weighted by Crippen LogP contribution is -2.34. The van der Waals surface area contributed by atoms with Crippen molar-refractivity contribution in [1.82, 2.24) is 5.32 Å². The molecule has 1 rings (SSSR count). The predicted molar refractivity (Wildman–Crippen MR) is 62.6 cm³/mol. The van der Waals surface area contributed by atoms with Crippen LogP contribution in [-0.2, 0) is 16.0 Å². The molecule has 0 saturated carbocycles. The van der Waals surface area contributed by atoms with Gasteiger partial charge in [-0.25, -0.2) is 4.79 Å². The van der Waals surface area contributed by atoms with Gasteiger partial charge in [-0.2, -0.15) is 0 Å². The first kappa shape index (κ1) is 12.2. The van der Waals surface area contributed by atoms with Crippen molar-refractivity contribution < 1.29 is 9.59 Å². The second-order valence-corrected chi connectivity index (χ2v) is 3.64. The molecule has 84 valence electrons. The summed E-state index contributed by atoms with van der Waals surface area (Å²) in [4.78, 5) is 21.1. The normalized spacial score (nSPS) is 11.3. The summed E-state index contributed by atoms with van der Waals surface area (Å²) >= 11 is 0. The van der Waals surface area contributed by atoms with Gasteiger partial charge in [0.2, 0.25) is 5.91 Å². The van der Waals surface area contributed by atoms with Crippen molar-refractivity contribution in [2.45, 2.75) is 25.8 Å². The molecule has 1 atom stereocenters. The zero-order chi connectivity index (χ0) is 11.8. The Morgan fingerprint density at radius 3 is 2.69 bits per heavy atom. The van der Waals surface area contributed by atoms with Crippen molar-refractivity contribution in [2.75, 3.05) is 0 Å². The first-order chi connectivity index (χ1) is 7.72. The molecule has 1 aromatic carbocycles. The van der Waals surface area contributed by atoms with Crippen molar-refractivity contribution >= 4 is 11.8 Å². The van der Waals surface area contributed by atoms with E-state index in [1.165, 1.54) is 13.0 Å². The van der Waals surface area contributed by atoms with E-state index in [0.717, 1.165) is 12.0 Å². The number of benzene rings is 1. The molecule has 0 fully saturated rings. The molecule has 0 radical (unpaired) electrons. The third kappa shape index (κ3) is 4.58. The van der Waals surface area contributed by atoms with E-state index in [2.05, 4.69) is 5.32 Å². The van der Waals surface area contributed by atoms with Crippen LogP contribution in [0.2, 0.25) is 0 Å². The van der Waals surface area contributed by atoms with E-state index >= 15 is 0 Å². The van der Waals surface area contributed by atoms with E-state index in [4.69, 9.17) is 0 Å². The molecule has 0 saturated heterocycles. The predicted octanol–water partition coefficient (Wildman–Crippen LogP) is 1.51. The quantitative estimate of drug-likeness (QED) is 0.760. The van der Waals surface area contributed by atoms with Crippen molar-refractivity contribution in [3.63, 3.8) is 0 Å². The van der Waals surface area contributed by atoms with Gasteiger partial charge in [-0.15, -0.1) is 0 Å². The van der Waals surface area contributed by atoms with Crippen molar-refractivity contribution in [2.24, 2.45) is 0 Å². The maximum Gasteiger partial charge on any atom is 0.217 e. The number of hydrogen-bond donors (Lipinski definition) is 1. The number of hydrogen-bond acceptors (Lipinski definition) is 2. The van der Waals surface area contributed by atoms with Gasteiger partial charge in [0.25, 0.3) is 0 Å². The summed E-state index contributed by atoms with van der Waals surface area (Å²) in [5.74, 6) is 1.65. The van der Waals surface area contributed by atoms with Crippen LogP contribution >= 0.6 is 0 Å². The number of carbonyl (C=O) groups is 1. The molecule has 0 heterocycles. The molecule has 3 heteroatoms. The molecule has 3 nitrogen and oxygen atoms in total. The molecular formula is C13H15NO2. The third-order valence-electron chi connectivity index (χ3n) is 2.22. The summed E-state index contributed by atoms with van der Waals surface area (Å²) in [7, 11) is 0. The Balaban J connectivity index is 2.62. The van der Waals surface area contributed by atoms with Gasteiger partial charge in [-0.3, -0.25) is 4.79 Å². The highest BCUT2D eigenvalue weighted by atomic mass is 16.1. The fourth-order valence-corrected chi connectivity index (χ4v) is 1.57. The van der Waals surface area contributed by atoms with Crippen LogP contribution in [-0.4, -0.2) is 17.9 Å². The molecule has 0 aliphatic rings. The van der Waals surface area contributed by atoms with Crippen molar-refractivity contribution in [3.8, 4) is 0 Å². The van der Waals surface area contributed by atoms with E-state index < -0.39 is 0 Å². The Labute approximate surface area is 95.2 Å². The molecule has 0 aromatic heterocycles. The first-order valence-corrected chi connectivity index (χ1v) is 5.22. The van der Waals surface area contributed by atoms with Crippen LogP contribution in [0.3, 0.4) is 0 Å². The lowest BCUT2D eigenvalue weighted by Gasteiger charge is -2.15. The first-order valence-electron chi connectivity index (χ1n) is 5.22. The highest BCUT2D eigenvalue weighted by molar-refractivity contribution is 5.73. The number of amides is 1. The monoisotopic (exact) mass is 217 g/mol. The van der Waals surface area contributed by atoms with Gasteiger partial charge in [0, 0.05) is 19.0 Å². The molecular weight excluding hydrogens is 202 g/mol. The summed E-state index contributed by atoms with van der Waals surface area (Å²) in [6.07, 6.45) is 2.64. The van der Waals surface area contributed by atoms with E-state index in [1.807, 2.05) is 30.3 Å². The van der Waals surface area contributed by atoms with Crippen LogP contribution in [0.25, 0.3) is 0 Å². The largest absolute Gasteiger partial charge is 0.353 e. The fraction of sp³-hybridized carbons (Fsp3) is 0.308. The minimum Gasteiger partial charge on any atom is -0.353 e. The van der Waals surface area contributed by atoms with Crippen molar-refractivity contribution in [1.29, 1.82) is 0 Å². The van der Waals surface area contributed by atoms with Gasteiger partial charge in [0.05, 0.1) is 0 Å². The van der Waals surface area contributed by atoms with E-state index in [0.29, 0.717) is 6.42 Å². The lowest BCUT2D eigenvalue weighted by molar-refractivity contribution is -0.119. The zero-order valence-corrected chi connectivity index (χ0v) is 9.27. The Morgan fingerprint density at radius 2 is 2.12 bits per heavy atom. The molecule has 0 bridgehead atoms. The van der Waals surface area contributed by atoms with Crippen LogP contribution in [0.1, 0.15) is 18.9 Å². The molecule has 16 heavy (non-hydrogen) atoms. The molecule has 0 spiro atoms. The van der Waals surface area contributed by atoms with Crippen LogP contribution < -0.4 is 5.32 Å². The summed E-state index contributed by atoms with van der Waals surface area (Å²) in [6.45, 7) is 1.47. The second-order valence-electron chi connectivity index (χ2n) is 3.64. The molecule has 0 aliphatic carbocycles. The average molecular weight is 217 g/mol. The maximum atomic E-state index is 11.0. The lowest BCUT2D eigenvalue weighted by atomic mass is 10.0. The molecule has 0 aliphatic heterocycles. The third-order valence-corrected chi connectivity index (χ3v) is 2.22. The summed E-state index contributed by atoms with van der Waals surface area (Å²) in [5, 5.41) is 2.81. The van der Waals surface area contributed by atoms with Gasteiger partial charge in [0.1, 0.15) is 5.94 Å². The van der Waals surface area contributed by atoms with Crippen LogP contribution in [0.15, 0.2) is 36.4 Å². The van der Waals surface area contributed by atoms with E-state index in [-0.39, 0.29) is 11.9 Å². The van der Waals surface area contributed by atoms with Crippen molar-refractivity contribution in [3.05, 3.63) is 42.0 Å². The van der Waals surface area contributed by atoms with Gasteiger partial charge in [0.15, 0.2) is 0 Å². The number of rotatable bonds is 5. The zero-order valence-electron chi connectivity index (χ0n) is 9.27. The van der Waals surface area contributed by atoms with Crippen LogP contribution in [0, 0.1) is 0 Å². The van der Waals surface area contributed by atoms with E-state index in [9.17, 15) is 9.59 Å². The number of nitrogens with one attached hydrogen (secondary N) is 1. The van der Waals surface area contributed by atoms with Gasteiger partial charge in [-0.05, 0) is 18.4 Å². The smallest absolute Gasteiger partial charge is 0.217 e. The maximum absolute atomic E-state index is 11.0. The average Bonchev–Trinajstić information content (AvgIpc) is 2.26. The summed E-state index contributed by atoms with van der Waals surface area (Å²) in [5.41, 5.74) is 1.14. The second kappa shape index (κ2) is 6.59. The minimum atomic E-state index is -0.0831. The Hall–Kier alpha value is -1.86. The highest BCUT2D eigenvalue weighted by Crippen LogP contribution is 2.05. The van der Waals surface area contributed by atoms with Crippen LogP contribution in [0.4, 0.5) is 0 Å². The minimum absolute atomic E-state index is 0.0404. The van der Waals surface area contributed by atoms with Gasteiger partial charge in [-0.1, -0.05) is 30.3 Å². The Morgan fingerprint density at radius 1 is 1.44 bits per heavy atom. The Kier molecular flexibility index (Phi) is 5.03. The van der Waals surface area contributed by atoms with Gasteiger partial charge < -0.3 is 5.32 Å². The summed E-state index contributed by atoms with van der Waals surface area (Å²) < 4.78 is 0. The molecule has 1 unspecified atom stereocenters. The fourth-order valence-electron chi connectivity index (χ4n) is 1.57. The molecule has 1 amide bonds. The van der Waals surface area contributed by atoms with E-state index in [1.54, 1.807) is 5.94 Å². The highest BCUT2D eigenvalue weighted by Gasteiger charge is 2.09. The summed E-state index contributed by atoms with van der Waals surface area (Å²) in [6, 6.07) is 9.81. The van der Waals surface area contributed by atoms with Crippen LogP contribution in [0.5, 0.6) is 0 Å². The standard InChI is InChI=1S/C13H15NO2/c1-11(16)14-13(8-5-9-15)10-12-6-3-2-4-7-12/h2-7,13H,8,10H2,1H3,(H,14,16). The SMILES string of the molecule is CC(=O)NC(CC=C=O)Cc1ccccc1. The molecule has 1 aromatic rings. The topological polar surface area (TPSA) is 46.2 Å².